The smallest absolute Gasteiger partial charge is 0.251 e. The van der Waals surface area contributed by atoms with Gasteiger partial charge in [-0.15, -0.1) is 12.4 Å². The predicted octanol–water partition coefficient (Wildman–Crippen LogP) is 7.85. The molecule has 0 unspecified atom stereocenters. The summed E-state index contributed by atoms with van der Waals surface area (Å²) in [4.78, 5) is 4.01. The van der Waals surface area contributed by atoms with Gasteiger partial charge in [-0.3, -0.25) is 5.41 Å². The third-order valence-corrected chi connectivity index (χ3v) is 6.22. The van der Waals surface area contributed by atoms with Gasteiger partial charge >= 0.3 is 0 Å². The summed E-state index contributed by atoms with van der Waals surface area (Å²) in [6.07, 6.45) is 0.976. The number of benzene rings is 2. The van der Waals surface area contributed by atoms with Crippen LogP contribution in [0.3, 0.4) is 0 Å². The molecule has 3 rings (SSSR count). The molecule has 2 aromatic carbocycles. The van der Waals surface area contributed by atoms with E-state index in [-0.39, 0.29) is 29.9 Å². The Hall–Kier alpha value is -0.580. The molecule has 0 atom stereocenters. The summed E-state index contributed by atoms with van der Waals surface area (Å²) in [5.41, 5.74) is 6.99. The second-order valence-corrected chi connectivity index (χ2v) is 11.1. The Labute approximate surface area is 223 Å². The molecule has 32 heavy (non-hydrogen) atoms. The normalized spacial score (nSPS) is 10.1. The van der Waals surface area contributed by atoms with Gasteiger partial charge < -0.3 is 5.73 Å². The third kappa shape index (κ3) is 15.3. The highest BCUT2D eigenvalue weighted by atomic mass is 35.7. The largest absolute Gasteiger partial charge is 0.387 e. The molecule has 0 bridgehead atoms. The van der Waals surface area contributed by atoms with E-state index in [9.17, 15) is 8.78 Å². The van der Waals surface area contributed by atoms with Crippen molar-refractivity contribution < 1.29 is 8.78 Å². The molecule has 3 aromatic rings. The molecule has 4 nitrogen and oxygen atoms in total. The van der Waals surface area contributed by atoms with Crippen LogP contribution in [0, 0.1) is 17.0 Å². The van der Waals surface area contributed by atoms with E-state index in [0.29, 0.717) is 34.1 Å². The molecule has 0 saturated carbocycles. The topological polar surface area (TPSA) is 75.7 Å². The highest BCUT2D eigenvalue weighted by Crippen LogP contribution is 2.40. The minimum absolute atomic E-state index is 0. The lowest BCUT2D eigenvalue weighted by Crippen LogP contribution is -2.12. The minimum Gasteiger partial charge on any atom is -0.387 e. The van der Waals surface area contributed by atoms with Crippen LogP contribution in [0.2, 0.25) is 4.47 Å². The molecule has 0 saturated heterocycles. The van der Waals surface area contributed by atoms with E-state index in [0.717, 1.165) is 22.7 Å². The lowest BCUT2D eigenvalue weighted by molar-refractivity contribution is 0.627. The molecule has 0 fully saturated rings. The van der Waals surface area contributed by atoms with Gasteiger partial charge in [-0.1, -0.05) is 59.1 Å². The molecule has 0 spiro atoms. The van der Waals surface area contributed by atoms with Crippen LogP contribution in [0.5, 0.6) is 0 Å². The maximum atomic E-state index is 12.6. The van der Waals surface area contributed by atoms with Gasteiger partial charge in [0.2, 0.25) is 4.47 Å². The van der Waals surface area contributed by atoms with Crippen molar-refractivity contribution in [3.05, 3.63) is 81.6 Å². The number of alkyl halides is 3. The number of amidine groups is 1. The van der Waals surface area contributed by atoms with Crippen molar-refractivity contribution in [2.24, 2.45) is 5.73 Å². The van der Waals surface area contributed by atoms with Gasteiger partial charge in [0.1, 0.15) is 17.5 Å². The summed E-state index contributed by atoms with van der Waals surface area (Å²) in [5, 5.41) is 6.97. The van der Waals surface area contributed by atoms with E-state index in [1.807, 2.05) is 0 Å². The summed E-state index contributed by atoms with van der Waals surface area (Å²) in [6.45, 7) is 0. The monoisotopic (exact) mass is 600 g/mol. The average molecular weight is 603 g/mol. The van der Waals surface area contributed by atoms with Crippen LogP contribution in [0.25, 0.3) is 0 Å². The zero-order valence-corrected chi connectivity index (χ0v) is 22.1. The van der Waals surface area contributed by atoms with Gasteiger partial charge in [0, 0.05) is 23.8 Å². The van der Waals surface area contributed by atoms with Crippen LogP contribution in [-0.2, 0) is 12.8 Å². The van der Waals surface area contributed by atoms with E-state index >= 15 is 0 Å². The first kappa shape index (κ1) is 31.4. The quantitative estimate of drug-likeness (QED) is 0.181. The minimum atomic E-state index is -1.36. The van der Waals surface area contributed by atoms with Crippen molar-refractivity contribution in [2.75, 3.05) is 0 Å². The number of nitrogens with zero attached hydrogens (tertiary/aromatic N) is 2. The molecular weight excluding hydrogens is 587 g/mol. The number of aromatic nitrogens is 2. The van der Waals surface area contributed by atoms with Gasteiger partial charge in [0.25, 0.3) is 3.12 Å². The zero-order chi connectivity index (χ0) is 23.4. The molecule has 0 amide bonds. The summed E-state index contributed by atoms with van der Waals surface area (Å²) >= 11 is 22.0. The van der Waals surface area contributed by atoms with Crippen LogP contribution in [0.4, 0.5) is 8.78 Å². The molecule has 1 heterocycles. The van der Waals surface area contributed by atoms with Crippen molar-refractivity contribution in [3.8, 4) is 0 Å². The molecule has 0 aliphatic carbocycles. The first-order valence-corrected chi connectivity index (χ1v) is 12.1. The van der Waals surface area contributed by atoms with E-state index in [1.165, 1.54) is 24.3 Å². The fraction of sp³-hybridized carbons (Fsp3) is 0.167. The SMILES string of the molecule is Cl.ClSC(Cl)(Cl)Cl.Fc1ccc(Cc2nsc(Cl)n2)cc1.N=C(N)Cc1ccc(F)cc1. The van der Waals surface area contributed by atoms with E-state index < -0.39 is 3.12 Å². The molecule has 0 aliphatic heterocycles. The summed E-state index contributed by atoms with van der Waals surface area (Å²) in [6, 6.07) is 12.2. The van der Waals surface area contributed by atoms with E-state index in [4.69, 9.17) is 68.2 Å². The van der Waals surface area contributed by atoms with Crippen LogP contribution in [0.1, 0.15) is 17.0 Å². The number of nitrogens with two attached hydrogens (primary N) is 1. The Bertz CT molecular complexity index is 938. The number of hydrogen-bond acceptors (Lipinski definition) is 5. The van der Waals surface area contributed by atoms with Gasteiger partial charge in [-0.2, -0.15) is 4.37 Å². The Balaban J connectivity index is 0.000000480. The van der Waals surface area contributed by atoms with Crippen LogP contribution < -0.4 is 5.73 Å². The maximum Gasteiger partial charge on any atom is 0.251 e. The first-order chi connectivity index (χ1) is 14.5. The Morgan fingerprint density at radius 1 is 1.00 bits per heavy atom. The average Bonchev–Trinajstić information content (AvgIpc) is 3.10. The second-order valence-electron chi connectivity index (χ2n) is 5.62. The molecule has 14 heteroatoms. The van der Waals surface area contributed by atoms with E-state index in [1.54, 1.807) is 24.3 Å². The lowest BCUT2D eigenvalue weighted by atomic mass is 10.1. The van der Waals surface area contributed by atoms with Gasteiger partial charge in [0.05, 0.1) is 5.84 Å². The van der Waals surface area contributed by atoms with E-state index in [2.05, 4.69) is 9.36 Å². The van der Waals surface area contributed by atoms with Crippen molar-refractivity contribution in [3.63, 3.8) is 0 Å². The number of hydrogen-bond donors (Lipinski definition) is 2. The summed E-state index contributed by atoms with van der Waals surface area (Å²) in [7, 11) is 5.65. The molecule has 3 N–H and O–H groups in total. The van der Waals surface area contributed by atoms with Crippen molar-refractivity contribution in [2.45, 2.75) is 16.0 Å². The molecule has 0 aliphatic rings. The Morgan fingerprint density at radius 2 is 1.44 bits per heavy atom. The number of nitrogens with one attached hydrogen (secondary N) is 1. The number of rotatable bonds is 4. The molecular formula is C18H16Cl6F2N4S2. The highest BCUT2D eigenvalue weighted by Gasteiger charge is 2.17. The maximum absolute atomic E-state index is 12.6. The van der Waals surface area contributed by atoms with Crippen molar-refractivity contribution >= 4 is 97.8 Å². The van der Waals surface area contributed by atoms with Crippen molar-refractivity contribution in [1.82, 2.24) is 9.36 Å². The zero-order valence-electron chi connectivity index (χ0n) is 15.9. The molecule has 1 aromatic heterocycles. The summed E-state index contributed by atoms with van der Waals surface area (Å²) in [5.74, 6) is 0.263. The van der Waals surface area contributed by atoms with Crippen LogP contribution in [0.15, 0.2) is 48.5 Å². The molecule has 176 valence electrons. The van der Waals surface area contributed by atoms with Gasteiger partial charge in [-0.05, 0) is 69.2 Å². The standard InChI is InChI=1S/C9H6ClFN2S.C8H9FN2.CCl4S.ClH/c10-9-12-8(13-14-9)5-6-1-3-7(11)4-2-6;9-7-3-1-6(2-4-7)5-8(10)11;2-1(3,4)6-5;/h1-4H,5H2;1-4H,5H2,(H3,10,11);;1H. The Morgan fingerprint density at radius 3 is 1.78 bits per heavy atom. The van der Waals surface area contributed by atoms with Crippen molar-refractivity contribution in [1.29, 1.82) is 5.41 Å². The molecule has 0 radical (unpaired) electrons. The fourth-order valence-corrected chi connectivity index (χ4v) is 2.54. The lowest BCUT2D eigenvalue weighted by Gasteiger charge is -1.99. The van der Waals surface area contributed by atoms with Crippen LogP contribution >= 0.6 is 92.0 Å². The van der Waals surface area contributed by atoms with Gasteiger partial charge in [0.15, 0.2) is 0 Å². The Kier molecular flexibility index (Phi) is 15.8. The third-order valence-electron chi connectivity index (χ3n) is 3.11. The first-order valence-electron chi connectivity index (χ1n) is 8.15. The fourth-order valence-electron chi connectivity index (χ4n) is 1.91. The second kappa shape index (κ2) is 16.1. The summed E-state index contributed by atoms with van der Waals surface area (Å²) < 4.78 is 28.0. The highest BCUT2D eigenvalue weighted by molar-refractivity contribution is 8.24. The predicted molar refractivity (Wildman–Crippen MR) is 137 cm³/mol. The van der Waals surface area contributed by atoms with Gasteiger partial charge in [-0.25, -0.2) is 13.8 Å². The van der Waals surface area contributed by atoms with Crippen LogP contribution in [-0.4, -0.2) is 18.3 Å². The number of halogens is 8.